The molecule has 0 unspecified atom stereocenters. The molecule has 0 spiro atoms. The van der Waals surface area contributed by atoms with E-state index in [9.17, 15) is 0 Å². The molecule has 1 aromatic heterocycles. The van der Waals surface area contributed by atoms with Crippen LogP contribution in [0.5, 0.6) is 0 Å². The summed E-state index contributed by atoms with van der Waals surface area (Å²) in [7, 11) is 0. The van der Waals surface area contributed by atoms with Gasteiger partial charge in [0.05, 0.1) is 11.4 Å². The normalized spacial score (nSPS) is 10.2. The third-order valence-electron chi connectivity index (χ3n) is 1.83. The number of aromatic nitrogens is 1. The average Bonchev–Trinajstić information content (AvgIpc) is 2.23. The zero-order valence-corrected chi connectivity index (χ0v) is 8.59. The lowest BCUT2D eigenvalue weighted by Gasteiger charge is -2.00. The fourth-order valence-corrected chi connectivity index (χ4v) is 1.09. The zero-order valence-electron chi connectivity index (χ0n) is 8.59. The van der Waals surface area contributed by atoms with Crippen molar-refractivity contribution in [3.63, 3.8) is 0 Å². The van der Waals surface area contributed by atoms with Crippen LogP contribution in [0.3, 0.4) is 0 Å². The maximum Gasteiger partial charge on any atom is 0.0858 e. The fraction of sp³-hybridized carbons (Fsp3) is 0.300. The predicted molar refractivity (Wildman–Crippen MR) is 61.1 cm³/mol. The maximum absolute atomic E-state index is 8.07. The number of azide groups is 1. The molecule has 1 rings (SSSR count). The molecule has 0 aliphatic rings. The zero-order chi connectivity index (χ0) is 11.1. The maximum atomic E-state index is 8.07. The highest BCUT2D eigenvalue weighted by Crippen LogP contribution is 2.11. The molecule has 0 saturated heterocycles. The van der Waals surface area contributed by atoms with Crippen LogP contribution in [0, 0.1) is 6.92 Å². The summed E-state index contributed by atoms with van der Waals surface area (Å²) < 4.78 is 0. The number of nitrogens with two attached hydrogens (primary N) is 1. The SMILES string of the molecule is Cc1ccc(N)c(C=CCCN=[N+]=[N-])n1. The highest BCUT2D eigenvalue weighted by molar-refractivity contribution is 5.60. The third kappa shape index (κ3) is 3.70. The van der Waals surface area contributed by atoms with Gasteiger partial charge in [0.1, 0.15) is 0 Å². The number of hydrogen-bond donors (Lipinski definition) is 1. The fourth-order valence-electron chi connectivity index (χ4n) is 1.09. The number of hydrogen-bond acceptors (Lipinski definition) is 3. The van der Waals surface area contributed by atoms with E-state index >= 15 is 0 Å². The Morgan fingerprint density at radius 3 is 3.13 bits per heavy atom. The second-order valence-electron chi connectivity index (χ2n) is 3.07. The summed E-state index contributed by atoms with van der Waals surface area (Å²) in [4.78, 5) is 6.94. The van der Waals surface area contributed by atoms with Crippen molar-refractivity contribution in [2.45, 2.75) is 13.3 Å². The predicted octanol–water partition coefficient (Wildman–Crippen LogP) is 2.69. The summed E-state index contributed by atoms with van der Waals surface area (Å²) in [6.07, 6.45) is 4.43. The lowest BCUT2D eigenvalue weighted by atomic mass is 10.2. The van der Waals surface area contributed by atoms with Crippen molar-refractivity contribution in [2.75, 3.05) is 12.3 Å². The van der Waals surface area contributed by atoms with E-state index in [4.69, 9.17) is 11.3 Å². The average molecular weight is 203 g/mol. The Morgan fingerprint density at radius 1 is 1.60 bits per heavy atom. The van der Waals surface area contributed by atoms with Gasteiger partial charge >= 0.3 is 0 Å². The first-order valence-electron chi connectivity index (χ1n) is 4.64. The highest BCUT2D eigenvalue weighted by atomic mass is 15.1. The van der Waals surface area contributed by atoms with Crippen LogP contribution < -0.4 is 5.73 Å². The number of nitrogens with zero attached hydrogens (tertiary/aromatic N) is 4. The quantitative estimate of drug-likeness (QED) is 0.353. The molecule has 15 heavy (non-hydrogen) atoms. The highest BCUT2D eigenvalue weighted by Gasteiger charge is 1.95. The Hall–Kier alpha value is -2.00. The molecule has 5 nitrogen and oxygen atoms in total. The van der Waals surface area contributed by atoms with Gasteiger partial charge in [0.25, 0.3) is 0 Å². The molecule has 0 saturated carbocycles. The van der Waals surface area contributed by atoms with Crippen molar-refractivity contribution in [2.24, 2.45) is 5.11 Å². The van der Waals surface area contributed by atoms with Crippen LogP contribution >= 0.6 is 0 Å². The minimum absolute atomic E-state index is 0.457. The summed E-state index contributed by atoms with van der Waals surface area (Å²) in [5.41, 5.74) is 16.1. The van der Waals surface area contributed by atoms with Gasteiger partial charge in [0.2, 0.25) is 0 Å². The molecule has 0 aliphatic heterocycles. The smallest absolute Gasteiger partial charge is 0.0858 e. The van der Waals surface area contributed by atoms with E-state index in [2.05, 4.69) is 15.0 Å². The van der Waals surface area contributed by atoms with Gasteiger partial charge in [0.15, 0.2) is 0 Å². The van der Waals surface area contributed by atoms with Gasteiger partial charge in [-0.1, -0.05) is 11.2 Å². The van der Waals surface area contributed by atoms with Crippen molar-refractivity contribution >= 4 is 11.8 Å². The standard InChI is InChI=1S/C10H13N5/c1-8-5-6-9(11)10(14-8)4-2-3-7-13-15-12/h2,4-6H,3,7,11H2,1H3. The van der Waals surface area contributed by atoms with E-state index in [0.717, 1.165) is 11.4 Å². The molecule has 1 heterocycles. The second-order valence-corrected chi connectivity index (χ2v) is 3.07. The van der Waals surface area contributed by atoms with E-state index < -0.39 is 0 Å². The van der Waals surface area contributed by atoms with Crippen LogP contribution in [-0.2, 0) is 0 Å². The molecule has 78 valence electrons. The van der Waals surface area contributed by atoms with Crippen molar-refractivity contribution in [3.8, 4) is 0 Å². The van der Waals surface area contributed by atoms with Crippen LogP contribution in [0.15, 0.2) is 23.3 Å². The van der Waals surface area contributed by atoms with Crippen LogP contribution in [-0.4, -0.2) is 11.5 Å². The largest absolute Gasteiger partial charge is 0.397 e. The molecule has 0 fully saturated rings. The topological polar surface area (TPSA) is 87.7 Å². The number of anilines is 1. The Labute approximate surface area is 88.3 Å². The molecule has 0 amide bonds. The minimum Gasteiger partial charge on any atom is -0.397 e. The molecule has 0 radical (unpaired) electrons. The summed E-state index contributed by atoms with van der Waals surface area (Å²) in [5.74, 6) is 0. The van der Waals surface area contributed by atoms with Crippen molar-refractivity contribution in [1.82, 2.24) is 4.98 Å². The van der Waals surface area contributed by atoms with Crippen LogP contribution in [0.4, 0.5) is 5.69 Å². The summed E-state index contributed by atoms with van der Waals surface area (Å²) in [5, 5.41) is 3.42. The third-order valence-corrected chi connectivity index (χ3v) is 1.83. The van der Waals surface area contributed by atoms with E-state index in [0.29, 0.717) is 18.7 Å². The van der Waals surface area contributed by atoms with Gasteiger partial charge in [0, 0.05) is 17.2 Å². The molecule has 0 bridgehead atoms. The second kappa shape index (κ2) is 5.67. The Kier molecular flexibility index (Phi) is 4.19. The number of pyridine rings is 1. The van der Waals surface area contributed by atoms with Gasteiger partial charge in [-0.15, -0.1) is 0 Å². The van der Waals surface area contributed by atoms with Crippen molar-refractivity contribution < 1.29 is 0 Å². The van der Waals surface area contributed by atoms with Gasteiger partial charge in [-0.3, -0.25) is 4.98 Å². The van der Waals surface area contributed by atoms with E-state index in [1.54, 1.807) is 0 Å². The van der Waals surface area contributed by atoms with Gasteiger partial charge in [-0.25, -0.2) is 0 Å². The van der Waals surface area contributed by atoms with Crippen molar-refractivity contribution in [3.05, 3.63) is 40.0 Å². The van der Waals surface area contributed by atoms with E-state index in [1.165, 1.54) is 0 Å². The lowest BCUT2D eigenvalue weighted by Crippen LogP contribution is -1.94. The molecule has 1 aromatic rings. The van der Waals surface area contributed by atoms with Gasteiger partial charge in [-0.05, 0) is 37.1 Å². The molecular formula is C10H13N5. The Balaban J connectivity index is 2.63. The molecule has 5 heteroatoms. The van der Waals surface area contributed by atoms with E-state index in [1.807, 2.05) is 31.2 Å². The first-order chi connectivity index (χ1) is 7.24. The lowest BCUT2D eigenvalue weighted by molar-refractivity contribution is 0.995. The molecule has 0 atom stereocenters. The number of rotatable bonds is 4. The molecule has 2 N–H and O–H groups in total. The number of nitrogen functional groups attached to an aromatic ring is 1. The van der Waals surface area contributed by atoms with Crippen LogP contribution in [0.25, 0.3) is 16.5 Å². The van der Waals surface area contributed by atoms with Crippen molar-refractivity contribution in [1.29, 1.82) is 0 Å². The molecule has 0 aromatic carbocycles. The first-order valence-corrected chi connectivity index (χ1v) is 4.64. The summed E-state index contributed by atoms with van der Waals surface area (Å²) in [6.45, 7) is 2.37. The summed E-state index contributed by atoms with van der Waals surface area (Å²) >= 11 is 0. The molecular weight excluding hydrogens is 190 g/mol. The summed E-state index contributed by atoms with van der Waals surface area (Å²) in [6, 6.07) is 3.70. The first kappa shape index (κ1) is 11.1. The monoisotopic (exact) mass is 203 g/mol. The Morgan fingerprint density at radius 2 is 2.40 bits per heavy atom. The minimum atomic E-state index is 0.457. The van der Waals surface area contributed by atoms with E-state index in [-0.39, 0.29) is 0 Å². The van der Waals surface area contributed by atoms with Crippen LogP contribution in [0.2, 0.25) is 0 Å². The molecule has 0 aliphatic carbocycles. The van der Waals surface area contributed by atoms with Gasteiger partial charge in [-0.2, -0.15) is 0 Å². The van der Waals surface area contributed by atoms with Crippen LogP contribution in [0.1, 0.15) is 17.8 Å². The number of aryl methyl sites for hydroxylation is 1. The van der Waals surface area contributed by atoms with Gasteiger partial charge < -0.3 is 5.73 Å². The Bertz CT molecular complexity index is 404.